The van der Waals surface area contributed by atoms with E-state index >= 15 is 0 Å². The average molecular weight is 146 g/mol. The third-order valence-corrected chi connectivity index (χ3v) is 1.75. The quantitative estimate of drug-likeness (QED) is 0.575. The van der Waals surface area contributed by atoms with Crippen molar-refractivity contribution in [2.24, 2.45) is 0 Å². The molecule has 0 spiro atoms. The summed E-state index contributed by atoms with van der Waals surface area (Å²) in [5.74, 6) is 0.827. The van der Waals surface area contributed by atoms with Crippen molar-refractivity contribution in [3.63, 3.8) is 0 Å². The molecule has 0 aromatic carbocycles. The van der Waals surface area contributed by atoms with Gasteiger partial charge in [0.15, 0.2) is 0 Å². The van der Waals surface area contributed by atoms with E-state index in [2.05, 4.69) is 32.7 Å². The van der Waals surface area contributed by atoms with Gasteiger partial charge in [-0.15, -0.1) is 0 Å². The summed E-state index contributed by atoms with van der Waals surface area (Å²) in [6.45, 7) is 7.59. The molecule has 0 amide bonds. The molecule has 0 aromatic heterocycles. The van der Waals surface area contributed by atoms with Gasteiger partial charge in [-0.25, -0.2) is 0 Å². The van der Waals surface area contributed by atoms with Gasteiger partial charge in [0.1, 0.15) is 0 Å². The lowest BCUT2D eigenvalue weighted by Gasteiger charge is -2.31. The Kier molecular flexibility index (Phi) is 3.59. The number of hydrogen-bond acceptors (Lipinski definition) is 1. The van der Waals surface area contributed by atoms with Crippen LogP contribution in [0.1, 0.15) is 20.8 Å². The summed E-state index contributed by atoms with van der Waals surface area (Å²) in [6.07, 6.45) is 0. The van der Waals surface area contributed by atoms with E-state index in [9.17, 15) is 0 Å². The highest BCUT2D eigenvalue weighted by molar-refractivity contribution is 7.80. The molecule has 0 bridgehead atoms. The molecule has 1 nitrogen and oxygen atoms in total. The van der Waals surface area contributed by atoms with E-state index in [0.29, 0.717) is 0 Å². The highest BCUT2D eigenvalue weighted by Crippen LogP contribution is 2.09. The van der Waals surface area contributed by atoms with Gasteiger partial charge in [0.2, 0.25) is 0 Å². The van der Waals surface area contributed by atoms with E-state index in [1.165, 1.54) is 0 Å². The Hall–Kier alpha value is 0.310. The van der Waals surface area contributed by atoms with Crippen LogP contribution in [0.5, 0.6) is 0 Å². The molecule has 0 rings (SSSR count). The maximum absolute atomic E-state index is 4.86. The molecule has 0 saturated carbocycles. The van der Waals surface area contributed by atoms with E-state index < -0.39 is 0 Å². The first-order valence-electron chi connectivity index (χ1n) is 3.28. The Bertz CT molecular complexity index is 75.5. The van der Waals surface area contributed by atoms with Crippen LogP contribution >= 0.6 is 12.6 Å². The molecule has 0 aliphatic heterocycles. The zero-order valence-electron chi connectivity index (χ0n) is 6.77. The van der Waals surface area contributed by atoms with Gasteiger partial charge >= 0.3 is 0 Å². The fourth-order valence-electron chi connectivity index (χ4n) is 0.472. The molecule has 2 heteroatoms. The second-order valence-electron chi connectivity index (χ2n) is 3.30. The lowest BCUT2D eigenvalue weighted by atomic mass is 10.1. The smallest absolute Gasteiger partial charge is 0.0165 e. The number of hydrogen-bond donors (Lipinski definition) is 0. The second kappa shape index (κ2) is 3.47. The molecule has 0 unspecified atom stereocenters. The van der Waals surface area contributed by atoms with E-state index in [4.69, 9.17) is 12.6 Å². The molecule has 0 N–H and O–H groups in total. The predicted molar refractivity (Wildman–Crippen MR) is 44.8 cm³/mol. The maximum atomic E-state index is 4.86. The zero-order valence-corrected chi connectivity index (χ0v) is 7.59. The monoisotopic (exact) mass is 146 g/mol. The molecule has 0 aromatic rings. The van der Waals surface area contributed by atoms with Gasteiger partial charge in [-0.3, -0.25) is 0 Å². The predicted octanol–water partition coefficient (Wildman–Crippen LogP) is 1.91. The van der Waals surface area contributed by atoms with Gasteiger partial charge in [0.05, 0.1) is 0 Å². The first kappa shape index (κ1) is 9.31. The minimum atomic E-state index is 0.277. The van der Waals surface area contributed by atoms with E-state index in [-0.39, 0.29) is 5.54 Å². The largest absolute Gasteiger partial charge is 0.301 e. The summed E-state index contributed by atoms with van der Waals surface area (Å²) in [6, 6.07) is 0. The Morgan fingerprint density at radius 2 is 1.78 bits per heavy atom. The first-order chi connectivity index (χ1) is 3.98. The molecule has 0 aliphatic rings. The summed E-state index contributed by atoms with van der Waals surface area (Å²) in [5, 5.41) is 0. The summed E-state index contributed by atoms with van der Waals surface area (Å²) < 4.78 is 0. The number of rotatable bonds is 2. The van der Waals surface area contributed by atoms with Crippen molar-refractivity contribution in [1.29, 1.82) is 0 Å². The van der Waals surface area contributed by atoms with Crippen LogP contribution in [-0.2, 0) is 0 Å². The van der Waals surface area contributed by atoms with E-state index in [1.54, 1.807) is 0 Å². The fourth-order valence-corrected chi connectivity index (χ4v) is 0.746. The molecular weight excluding hydrogens is 130 g/mol. The van der Waals surface area contributed by atoms with Crippen molar-refractivity contribution in [2.75, 3.05) is 19.3 Å². The van der Waals surface area contributed by atoms with Crippen LogP contribution in [0.15, 0.2) is 0 Å². The number of nitrogens with zero attached hydrogens (tertiary/aromatic N) is 1. The maximum Gasteiger partial charge on any atom is 0.0165 e. The van der Waals surface area contributed by atoms with Crippen LogP contribution in [0.25, 0.3) is 0 Å². The van der Waals surface area contributed by atoms with Crippen LogP contribution in [-0.4, -0.2) is 29.8 Å². The van der Waals surface area contributed by atoms with Gasteiger partial charge in [-0.1, -0.05) is 12.6 Å². The van der Waals surface area contributed by atoms with Crippen molar-refractivity contribution in [3.8, 4) is 0 Å². The van der Waals surface area contributed by atoms with Crippen molar-refractivity contribution < 1.29 is 0 Å². The molecule has 55 valence electrons. The summed E-state index contributed by atoms with van der Waals surface area (Å²) in [4.78, 5) is 2.26. The fraction of sp³-hybridized carbons (Fsp3) is 1.00. The van der Waals surface area contributed by atoms with E-state index in [0.717, 1.165) is 12.3 Å². The highest BCUT2D eigenvalue weighted by atomic mass is 32.1. The average Bonchev–Trinajstić information content (AvgIpc) is 1.64. The second-order valence-corrected chi connectivity index (χ2v) is 3.70. The van der Waals surface area contributed by atoms with Crippen molar-refractivity contribution in [1.82, 2.24) is 4.90 Å². The van der Waals surface area contributed by atoms with Crippen LogP contribution in [0.2, 0.25) is 0 Å². The minimum absolute atomic E-state index is 0.277. The lowest BCUT2D eigenvalue weighted by molar-refractivity contribution is 0.187. The van der Waals surface area contributed by atoms with Gasteiger partial charge in [0, 0.05) is 17.8 Å². The van der Waals surface area contributed by atoms with Gasteiger partial charge in [0.25, 0.3) is 0 Å². The Labute approximate surface area is 63.8 Å². The summed E-state index contributed by atoms with van der Waals surface area (Å²) >= 11 is 4.86. The van der Waals surface area contributed by atoms with Crippen molar-refractivity contribution in [2.45, 2.75) is 26.3 Å². The van der Waals surface area contributed by atoms with Gasteiger partial charge in [-0.2, -0.15) is 0 Å². The standard InChI is InChI=1S/C7H16NS/c1-7(2,3)8(4)5-6-9/h5-6H2,1-4H3. The Morgan fingerprint density at radius 3 is 1.89 bits per heavy atom. The van der Waals surface area contributed by atoms with Crippen molar-refractivity contribution in [3.05, 3.63) is 0 Å². The van der Waals surface area contributed by atoms with Crippen LogP contribution < -0.4 is 0 Å². The molecule has 0 aliphatic carbocycles. The molecule has 1 radical (unpaired) electrons. The van der Waals surface area contributed by atoms with E-state index in [1.807, 2.05) is 0 Å². The summed E-state index contributed by atoms with van der Waals surface area (Å²) in [7, 11) is 2.10. The van der Waals surface area contributed by atoms with Crippen LogP contribution in [0, 0.1) is 0 Å². The summed E-state index contributed by atoms with van der Waals surface area (Å²) in [5.41, 5.74) is 0.277. The molecule has 0 atom stereocenters. The third kappa shape index (κ3) is 3.82. The van der Waals surface area contributed by atoms with Crippen molar-refractivity contribution >= 4 is 12.6 Å². The SMILES string of the molecule is CN(CC[S])C(C)(C)C. The lowest BCUT2D eigenvalue weighted by Crippen LogP contribution is -2.39. The zero-order chi connectivity index (χ0) is 7.49. The topological polar surface area (TPSA) is 3.24 Å². The Morgan fingerprint density at radius 1 is 1.33 bits per heavy atom. The Balaban J connectivity index is 3.59. The molecule has 0 saturated heterocycles. The molecular formula is C7H16NS. The normalized spacial score (nSPS) is 12.7. The highest BCUT2D eigenvalue weighted by Gasteiger charge is 2.14. The van der Waals surface area contributed by atoms with Gasteiger partial charge < -0.3 is 4.90 Å². The van der Waals surface area contributed by atoms with Gasteiger partial charge in [-0.05, 0) is 27.8 Å². The van der Waals surface area contributed by atoms with Crippen LogP contribution in [0.4, 0.5) is 0 Å². The third-order valence-electron chi connectivity index (χ3n) is 1.57. The molecule has 0 heterocycles. The minimum Gasteiger partial charge on any atom is -0.301 e. The van der Waals surface area contributed by atoms with Crippen LogP contribution in [0.3, 0.4) is 0 Å². The first-order valence-corrected chi connectivity index (χ1v) is 3.85. The molecule has 0 fully saturated rings. The molecule has 9 heavy (non-hydrogen) atoms.